The van der Waals surface area contributed by atoms with E-state index in [4.69, 9.17) is 11.5 Å². The van der Waals surface area contributed by atoms with Crippen molar-refractivity contribution in [2.75, 3.05) is 7.05 Å². The first-order valence-corrected chi connectivity index (χ1v) is 3.85. The Hall–Kier alpha value is -0.990. The van der Waals surface area contributed by atoms with E-state index >= 15 is 0 Å². The monoisotopic (exact) mass is 153 g/mol. The summed E-state index contributed by atoms with van der Waals surface area (Å²) in [4.78, 5) is 3.93. The maximum absolute atomic E-state index is 5.67. The molecule has 3 heteroatoms. The lowest BCUT2D eigenvalue weighted by atomic mass is 10.1. The lowest BCUT2D eigenvalue weighted by Gasteiger charge is -2.06. The second kappa shape index (κ2) is 2.95. The zero-order valence-electron chi connectivity index (χ0n) is 7.09. The molecule has 0 aromatic heterocycles. The van der Waals surface area contributed by atoms with E-state index < -0.39 is 0 Å². The van der Waals surface area contributed by atoms with Gasteiger partial charge in [0.05, 0.1) is 0 Å². The summed E-state index contributed by atoms with van der Waals surface area (Å²) in [7, 11) is 1.70. The van der Waals surface area contributed by atoms with Gasteiger partial charge in [-0.1, -0.05) is 0 Å². The smallest absolute Gasteiger partial charge is 0.123 e. The second-order valence-corrected chi connectivity index (χ2v) is 2.98. The van der Waals surface area contributed by atoms with Crippen LogP contribution in [0.2, 0.25) is 0 Å². The summed E-state index contributed by atoms with van der Waals surface area (Å²) in [5.74, 6) is 1.19. The van der Waals surface area contributed by atoms with Crippen molar-refractivity contribution in [1.82, 2.24) is 0 Å². The van der Waals surface area contributed by atoms with E-state index in [1.807, 2.05) is 6.92 Å². The molecule has 4 N–H and O–H groups in total. The Balaban J connectivity index is 2.84. The summed E-state index contributed by atoms with van der Waals surface area (Å²) in [6, 6.07) is 0. The molecule has 0 aromatic rings. The summed E-state index contributed by atoms with van der Waals surface area (Å²) in [5, 5.41) is 0. The highest BCUT2D eigenvalue weighted by atomic mass is 14.8. The molecule has 0 radical (unpaired) electrons. The molecule has 0 saturated heterocycles. The predicted octanol–water partition coefficient (Wildman–Crippen LogP) is 0.616. The van der Waals surface area contributed by atoms with Crippen molar-refractivity contribution in [3.63, 3.8) is 0 Å². The Morgan fingerprint density at radius 2 is 1.91 bits per heavy atom. The molecule has 3 nitrogen and oxygen atoms in total. The van der Waals surface area contributed by atoms with Crippen molar-refractivity contribution < 1.29 is 0 Å². The van der Waals surface area contributed by atoms with Gasteiger partial charge in [0.2, 0.25) is 0 Å². The van der Waals surface area contributed by atoms with Gasteiger partial charge in [-0.05, 0) is 25.7 Å². The molecule has 62 valence electrons. The minimum absolute atomic E-state index is 0.587. The van der Waals surface area contributed by atoms with Crippen LogP contribution in [0.5, 0.6) is 0 Å². The standard InChI is InChI=1S/C8H15N3/c1-5(9)7(6-3-4-6)8(10)11-2/h6H,3-4,9H2,1-2H3,(H2,10,11). The molecule has 11 heavy (non-hydrogen) atoms. The second-order valence-electron chi connectivity index (χ2n) is 2.98. The molecule has 0 aliphatic heterocycles. The number of hydrogen-bond acceptors (Lipinski definition) is 2. The molecular weight excluding hydrogens is 138 g/mol. The maximum atomic E-state index is 5.67. The van der Waals surface area contributed by atoms with Gasteiger partial charge in [-0.25, -0.2) is 0 Å². The average molecular weight is 153 g/mol. The lowest BCUT2D eigenvalue weighted by Crippen LogP contribution is -2.19. The first kappa shape index (κ1) is 8.11. The van der Waals surface area contributed by atoms with Crippen LogP contribution in [0.15, 0.2) is 16.3 Å². The Bertz CT molecular complexity index is 207. The van der Waals surface area contributed by atoms with Gasteiger partial charge in [0.25, 0.3) is 0 Å². The molecule has 0 heterocycles. The molecule has 0 aromatic carbocycles. The van der Waals surface area contributed by atoms with Crippen molar-refractivity contribution in [3.8, 4) is 0 Å². The Morgan fingerprint density at radius 1 is 1.36 bits per heavy atom. The van der Waals surface area contributed by atoms with Crippen LogP contribution < -0.4 is 11.5 Å². The number of allylic oxidation sites excluding steroid dienone is 1. The molecule has 0 bridgehead atoms. The first-order chi connectivity index (χ1) is 5.16. The zero-order valence-corrected chi connectivity index (χ0v) is 7.09. The minimum atomic E-state index is 0.587. The van der Waals surface area contributed by atoms with Crippen molar-refractivity contribution in [2.24, 2.45) is 22.4 Å². The van der Waals surface area contributed by atoms with Gasteiger partial charge in [-0.15, -0.1) is 0 Å². The summed E-state index contributed by atoms with van der Waals surface area (Å²) < 4.78 is 0. The third-order valence-electron chi connectivity index (χ3n) is 1.93. The van der Waals surface area contributed by atoms with E-state index in [0.29, 0.717) is 11.8 Å². The molecule has 1 aliphatic rings. The van der Waals surface area contributed by atoms with E-state index in [9.17, 15) is 0 Å². The largest absolute Gasteiger partial charge is 0.402 e. The SMILES string of the molecule is CN=C(N)C(=C(C)N)C1CC1. The van der Waals surface area contributed by atoms with Crippen molar-refractivity contribution in [2.45, 2.75) is 19.8 Å². The lowest BCUT2D eigenvalue weighted by molar-refractivity contribution is 1.02. The van der Waals surface area contributed by atoms with Gasteiger partial charge in [-0.2, -0.15) is 0 Å². The minimum Gasteiger partial charge on any atom is -0.402 e. The molecule has 1 rings (SSSR count). The Morgan fingerprint density at radius 3 is 2.18 bits per heavy atom. The fourth-order valence-corrected chi connectivity index (χ4v) is 1.23. The van der Waals surface area contributed by atoms with Crippen LogP contribution >= 0.6 is 0 Å². The van der Waals surface area contributed by atoms with Crippen LogP contribution in [-0.4, -0.2) is 12.9 Å². The van der Waals surface area contributed by atoms with Crippen molar-refractivity contribution in [3.05, 3.63) is 11.3 Å². The third kappa shape index (κ3) is 1.73. The summed E-state index contributed by atoms with van der Waals surface area (Å²) >= 11 is 0. The number of aliphatic imine (C=N–C) groups is 1. The summed E-state index contributed by atoms with van der Waals surface area (Å²) in [6.07, 6.45) is 2.42. The van der Waals surface area contributed by atoms with Crippen LogP contribution in [0.1, 0.15) is 19.8 Å². The number of nitrogens with two attached hydrogens (primary N) is 2. The van der Waals surface area contributed by atoms with Crippen molar-refractivity contribution in [1.29, 1.82) is 0 Å². The van der Waals surface area contributed by atoms with Gasteiger partial charge < -0.3 is 11.5 Å². The van der Waals surface area contributed by atoms with E-state index in [-0.39, 0.29) is 0 Å². The average Bonchev–Trinajstić information content (AvgIpc) is 2.71. The number of rotatable bonds is 2. The maximum Gasteiger partial charge on any atom is 0.123 e. The molecule has 0 spiro atoms. The topological polar surface area (TPSA) is 64.4 Å². The number of amidine groups is 1. The highest BCUT2D eigenvalue weighted by molar-refractivity contribution is 5.98. The van der Waals surface area contributed by atoms with Crippen LogP contribution in [-0.2, 0) is 0 Å². The number of nitrogens with zero attached hydrogens (tertiary/aromatic N) is 1. The molecule has 0 unspecified atom stereocenters. The molecule has 1 saturated carbocycles. The van der Waals surface area contributed by atoms with Crippen LogP contribution in [0.4, 0.5) is 0 Å². The van der Waals surface area contributed by atoms with Gasteiger partial charge in [-0.3, -0.25) is 4.99 Å². The van der Waals surface area contributed by atoms with Crippen LogP contribution in [0.3, 0.4) is 0 Å². The Labute approximate surface area is 67.2 Å². The number of hydrogen-bond donors (Lipinski definition) is 2. The quantitative estimate of drug-likeness (QED) is 0.451. The van der Waals surface area contributed by atoms with Gasteiger partial charge in [0.15, 0.2) is 0 Å². The fourth-order valence-electron chi connectivity index (χ4n) is 1.23. The molecule has 1 fully saturated rings. The van der Waals surface area contributed by atoms with Crippen molar-refractivity contribution >= 4 is 5.84 Å². The molecule has 0 amide bonds. The zero-order chi connectivity index (χ0) is 8.43. The van der Waals surface area contributed by atoms with E-state index in [2.05, 4.69) is 4.99 Å². The molecule has 0 atom stereocenters. The Kier molecular flexibility index (Phi) is 2.17. The first-order valence-electron chi connectivity index (χ1n) is 3.85. The van der Waals surface area contributed by atoms with Gasteiger partial charge in [0.1, 0.15) is 5.84 Å². The van der Waals surface area contributed by atoms with E-state index in [1.54, 1.807) is 7.05 Å². The van der Waals surface area contributed by atoms with Gasteiger partial charge >= 0.3 is 0 Å². The highest BCUT2D eigenvalue weighted by Gasteiger charge is 2.28. The van der Waals surface area contributed by atoms with Gasteiger partial charge in [0, 0.05) is 18.3 Å². The van der Waals surface area contributed by atoms with E-state index in [1.165, 1.54) is 12.8 Å². The summed E-state index contributed by atoms with van der Waals surface area (Å²) in [6.45, 7) is 1.88. The summed E-state index contributed by atoms with van der Waals surface area (Å²) in [5.41, 5.74) is 13.2. The normalized spacial score (nSPS) is 21.5. The predicted molar refractivity (Wildman–Crippen MR) is 47.2 cm³/mol. The fraction of sp³-hybridized carbons (Fsp3) is 0.625. The molecular formula is C8H15N3. The van der Waals surface area contributed by atoms with E-state index in [0.717, 1.165) is 11.3 Å². The van der Waals surface area contributed by atoms with Crippen LogP contribution in [0, 0.1) is 5.92 Å². The molecule has 1 aliphatic carbocycles. The third-order valence-corrected chi connectivity index (χ3v) is 1.93. The highest BCUT2D eigenvalue weighted by Crippen LogP contribution is 2.37. The van der Waals surface area contributed by atoms with Crippen LogP contribution in [0.25, 0.3) is 0 Å².